The van der Waals surface area contributed by atoms with Crippen molar-refractivity contribution in [2.75, 3.05) is 39.0 Å². The van der Waals surface area contributed by atoms with E-state index in [0.717, 1.165) is 19.4 Å². The number of hydrogen-bond donors (Lipinski definition) is 6. The Morgan fingerprint density at radius 1 is 1.28 bits per heavy atom. The van der Waals surface area contributed by atoms with Gasteiger partial charge < -0.3 is 41.7 Å². The molecule has 8 N–H and O–H groups in total. The Balaban J connectivity index is 1.69. The van der Waals surface area contributed by atoms with Crippen molar-refractivity contribution in [3.63, 3.8) is 0 Å². The number of carbonyl (C=O) groups is 1. The zero-order valence-electron chi connectivity index (χ0n) is 18.0. The standard InChI is InChI=1S/C19H32N8O5/c1-22-5-2-3-6-26(7-4-11(20)19(30)31)8-12-14(28)15(29)18(32-12)27-10-25-13-16(21)23-9-24-17(13)27/h9-12,14-15,18,22,28-29H,2-8,20H2,1H3,(H,30,31)(H2,21,23,24)/t11?,12-,14-,15-,18-/m1/s1. The van der Waals surface area contributed by atoms with E-state index in [0.29, 0.717) is 30.8 Å². The summed E-state index contributed by atoms with van der Waals surface area (Å²) in [6.45, 7) is 2.28. The van der Waals surface area contributed by atoms with E-state index in [1.54, 1.807) is 0 Å². The van der Waals surface area contributed by atoms with Gasteiger partial charge in [-0.2, -0.15) is 0 Å². The van der Waals surface area contributed by atoms with Crippen molar-refractivity contribution < 1.29 is 24.9 Å². The lowest BCUT2D eigenvalue weighted by Gasteiger charge is -2.27. The first-order chi connectivity index (χ1) is 15.3. The number of nitrogen functional groups attached to an aromatic ring is 1. The van der Waals surface area contributed by atoms with Crippen LogP contribution in [0.5, 0.6) is 0 Å². The third-order valence-electron chi connectivity index (χ3n) is 5.66. The van der Waals surface area contributed by atoms with Gasteiger partial charge in [0, 0.05) is 13.1 Å². The number of unbranched alkanes of at least 4 members (excludes halogenated alkanes) is 1. The molecule has 1 fully saturated rings. The van der Waals surface area contributed by atoms with Crippen LogP contribution in [0, 0.1) is 0 Å². The summed E-state index contributed by atoms with van der Waals surface area (Å²) in [6.07, 6.45) is 0.867. The van der Waals surface area contributed by atoms with Gasteiger partial charge in [0.25, 0.3) is 0 Å². The first kappa shape index (κ1) is 24.2. The van der Waals surface area contributed by atoms with Crippen molar-refractivity contribution in [1.82, 2.24) is 29.7 Å². The topological polar surface area (TPSA) is 198 Å². The fourth-order valence-corrected chi connectivity index (χ4v) is 3.80. The van der Waals surface area contributed by atoms with Crippen LogP contribution in [0.1, 0.15) is 25.5 Å². The number of aliphatic carboxylic acids is 1. The molecule has 0 radical (unpaired) electrons. The molecule has 2 aromatic heterocycles. The number of carboxylic acids is 1. The Morgan fingerprint density at radius 3 is 2.78 bits per heavy atom. The van der Waals surface area contributed by atoms with Gasteiger partial charge in [-0.25, -0.2) is 15.0 Å². The van der Waals surface area contributed by atoms with Crippen LogP contribution in [0.15, 0.2) is 12.7 Å². The van der Waals surface area contributed by atoms with Crippen LogP contribution < -0.4 is 16.8 Å². The van der Waals surface area contributed by atoms with Crippen molar-refractivity contribution in [2.24, 2.45) is 5.73 Å². The number of nitrogens with zero attached hydrogens (tertiary/aromatic N) is 5. The van der Waals surface area contributed by atoms with Crippen molar-refractivity contribution in [3.05, 3.63) is 12.7 Å². The fraction of sp³-hybridized carbons (Fsp3) is 0.684. The molecule has 0 bridgehead atoms. The van der Waals surface area contributed by atoms with Gasteiger partial charge in [-0.3, -0.25) is 9.36 Å². The predicted molar refractivity (Wildman–Crippen MR) is 115 cm³/mol. The van der Waals surface area contributed by atoms with Crippen LogP contribution in [0.4, 0.5) is 5.82 Å². The van der Waals surface area contributed by atoms with Gasteiger partial charge in [0.05, 0.1) is 6.33 Å². The van der Waals surface area contributed by atoms with Crippen LogP contribution in [-0.2, 0) is 9.53 Å². The van der Waals surface area contributed by atoms with E-state index in [1.807, 2.05) is 11.9 Å². The molecule has 0 spiro atoms. The number of carboxylic acid groups (broad SMARTS) is 1. The van der Waals surface area contributed by atoms with Crippen molar-refractivity contribution >= 4 is 23.0 Å². The number of anilines is 1. The summed E-state index contributed by atoms with van der Waals surface area (Å²) < 4.78 is 7.54. The lowest BCUT2D eigenvalue weighted by molar-refractivity contribution is -0.138. The van der Waals surface area contributed by atoms with E-state index < -0.39 is 36.6 Å². The number of nitrogens with two attached hydrogens (primary N) is 2. The molecule has 13 nitrogen and oxygen atoms in total. The van der Waals surface area contributed by atoms with E-state index in [4.69, 9.17) is 21.3 Å². The van der Waals surface area contributed by atoms with Gasteiger partial charge in [0.2, 0.25) is 0 Å². The molecule has 1 aliphatic heterocycles. The van der Waals surface area contributed by atoms with Crippen LogP contribution in [0.25, 0.3) is 11.2 Å². The summed E-state index contributed by atoms with van der Waals surface area (Å²) in [4.78, 5) is 25.3. The van der Waals surface area contributed by atoms with Gasteiger partial charge in [-0.15, -0.1) is 0 Å². The molecule has 32 heavy (non-hydrogen) atoms. The molecule has 0 aliphatic carbocycles. The molecule has 0 amide bonds. The Hall–Kier alpha value is -2.42. The van der Waals surface area contributed by atoms with Crippen LogP contribution in [0.3, 0.4) is 0 Å². The molecule has 3 heterocycles. The van der Waals surface area contributed by atoms with Gasteiger partial charge in [-0.1, -0.05) is 0 Å². The average Bonchev–Trinajstić information content (AvgIpc) is 3.31. The number of fused-ring (bicyclic) bond motifs is 1. The van der Waals surface area contributed by atoms with Gasteiger partial charge in [0.15, 0.2) is 17.7 Å². The van der Waals surface area contributed by atoms with E-state index in [-0.39, 0.29) is 12.2 Å². The number of aliphatic hydroxyl groups is 2. The summed E-state index contributed by atoms with van der Waals surface area (Å²) in [5.74, 6) is -0.845. The summed E-state index contributed by atoms with van der Waals surface area (Å²) in [5.41, 5.74) is 12.3. The lowest BCUT2D eigenvalue weighted by atomic mass is 10.1. The van der Waals surface area contributed by atoms with Crippen LogP contribution in [0.2, 0.25) is 0 Å². The lowest BCUT2D eigenvalue weighted by Crippen LogP contribution is -2.43. The highest BCUT2D eigenvalue weighted by Gasteiger charge is 2.44. The highest BCUT2D eigenvalue weighted by molar-refractivity contribution is 5.81. The first-order valence-corrected chi connectivity index (χ1v) is 10.6. The highest BCUT2D eigenvalue weighted by Crippen LogP contribution is 2.32. The molecule has 1 unspecified atom stereocenters. The minimum absolute atomic E-state index is 0.209. The molecule has 1 saturated heterocycles. The Labute approximate surface area is 185 Å². The molecule has 2 aromatic rings. The molecule has 13 heteroatoms. The molecule has 178 valence electrons. The smallest absolute Gasteiger partial charge is 0.320 e. The summed E-state index contributed by atoms with van der Waals surface area (Å²) in [6, 6.07) is -0.968. The highest BCUT2D eigenvalue weighted by atomic mass is 16.6. The van der Waals surface area contributed by atoms with Gasteiger partial charge in [0.1, 0.15) is 36.2 Å². The summed E-state index contributed by atoms with van der Waals surface area (Å²) >= 11 is 0. The van der Waals surface area contributed by atoms with E-state index in [9.17, 15) is 15.0 Å². The third kappa shape index (κ3) is 5.49. The van der Waals surface area contributed by atoms with Crippen LogP contribution >= 0.6 is 0 Å². The molecule has 1 aliphatic rings. The zero-order valence-corrected chi connectivity index (χ0v) is 18.0. The minimum atomic E-state index is -1.21. The molecule has 3 rings (SSSR count). The second kappa shape index (κ2) is 10.9. The van der Waals surface area contributed by atoms with Crippen molar-refractivity contribution in [1.29, 1.82) is 0 Å². The number of rotatable bonds is 12. The quantitative estimate of drug-likeness (QED) is 0.196. The van der Waals surface area contributed by atoms with Crippen molar-refractivity contribution in [2.45, 2.75) is 49.8 Å². The average molecular weight is 453 g/mol. The number of aromatic nitrogens is 4. The predicted octanol–water partition coefficient (Wildman–Crippen LogP) is -1.87. The maximum absolute atomic E-state index is 11.1. The normalized spacial score (nSPS) is 24.4. The van der Waals surface area contributed by atoms with E-state index >= 15 is 0 Å². The third-order valence-corrected chi connectivity index (χ3v) is 5.66. The maximum atomic E-state index is 11.1. The van der Waals surface area contributed by atoms with E-state index in [1.165, 1.54) is 17.2 Å². The number of nitrogens with one attached hydrogen (secondary N) is 1. The molecule has 5 atom stereocenters. The van der Waals surface area contributed by atoms with Crippen molar-refractivity contribution in [3.8, 4) is 0 Å². The summed E-state index contributed by atoms with van der Waals surface area (Å²) in [7, 11) is 1.88. The SMILES string of the molecule is CNCCCCN(CCC(N)C(=O)O)C[C@H]1O[C@@H](n2cnc3c(N)ncnc32)[C@H](O)[C@@H]1O. The Morgan fingerprint density at radius 2 is 2.06 bits per heavy atom. The molecule has 0 saturated carbocycles. The fourth-order valence-electron chi connectivity index (χ4n) is 3.80. The second-order valence-electron chi connectivity index (χ2n) is 7.97. The molecular weight excluding hydrogens is 420 g/mol. The Kier molecular flexibility index (Phi) is 8.28. The number of imidazole rings is 1. The number of aliphatic hydroxyl groups excluding tert-OH is 2. The zero-order chi connectivity index (χ0) is 23.3. The first-order valence-electron chi connectivity index (χ1n) is 10.6. The van der Waals surface area contributed by atoms with Gasteiger partial charge >= 0.3 is 5.97 Å². The monoisotopic (exact) mass is 452 g/mol. The minimum Gasteiger partial charge on any atom is -0.480 e. The molecular formula is C19H32N8O5. The maximum Gasteiger partial charge on any atom is 0.320 e. The van der Waals surface area contributed by atoms with Crippen LogP contribution in [-0.4, -0.2) is 103 Å². The van der Waals surface area contributed by atoms with Gasteiger partial charge in [-0.05, 0) is 39.4 Å². The Bertz CT molecular complexity index is 896. The number of ether oxygens (including phenoxy) is 1. The number of hydrogen-bond acceptors (Lipinski definition) is 11. The largest absolute Gasteiger partial charge is 0.480 e. The summed E-state index contributed by atoms with van der Waals surface area (Å²) in [5, 5.41) is 33.5. The van der Waals surface area contributed by atoms with E-state index in [2.05, 4.69) is 20.3 Å². The second-order valence-corrected chi connectivity index (χ2v) is 7.97. The molecule has 0 aromatic carbocycles.